The van der Waals surface area contributed by atoms with Gasteiger partial charge in [-0.15, -0.1) is 0 Å². The highest BCUT2D eigenvalue weighted by atomic mass is 16.1. The smallest absolute Gasteiger partial charge is 0.255 e. The Labute approximate surface area is 118 Å². The van der Waals surface area contributed by atoms with Crippen LogP contribution in [0, 0.1) is 18.8 Å². The van der Waals surface area contributed by atoms with E-state index in [1.807, 2.05) is 13.0 Å². The summed E-state index contributed by atoms with van der Waals surface area (Å²) < 4.78 is 0. The number of nitrogens with one attached hydrogen (secondary N) is 1. The average Bonchev–Trinajstić information content (AvgIpc) is 2.47. The molecule has 0 aliphatic rings. The Balaban J connectivity index is 2.22. The van der Waals surface area contributed by atoms with Crippen molar-refractivity contribution in [2.75, 3.05) is 11.9 Å². The first-order valence-corrected chi connectivity index (χ1v) is 6.21. The number of carbonyl (C=O) groups excluding carboxylic acids is 1. The van der Waals surface area contributed by atoms with Gasteiger partial charge in [-0.1, -0.05) is 17.9 Å². The van der Waals surface area contributed by atoms with Crippen LogP contribution in [-0.4, -0.2) is 17.4 Å². The summed E-state index contributed by atoms with van der Waals surface area (Å²) in [7, 11) is 0. The molecular weight excluding hydrogens is 250 g/mol. The van der Waals surface area contributed by atoms with Crippen molar-refractivity contribution < 1.29 is 4.79 Å². The normalized spacial score (nSPS) is 9.50. The van der Waals surface area contributed by atoms with E-state index in [4.69, 9.17) is 5.73 Å². The van der Waals surface area contributed by atoms with E-state index in [0.29, 0.717) is 17.8 Å². The van der Waals surface area contributed by atoms with Gasteiger partial charge >= 0.3 is 0 Å². The molecule has 0 spiro atoms. The van der Waals surface area contributed by atoms with Gasteiger partial charge in [-0.25, -0.2) is 0 Å². The van der Waals surface area contributed by atoms with Crippen LogP contribution in [0.4, 0.5) is 5.69 Å². The lowest BCUT2D eigenvalue weighted by Gasteiger charge is -2.06. The maximum atomic E-state index is 12.1. The number of pyridine rings is 1. The summed E-state index contributed by atoms with van der Waals surface area (Å²) in [6.07, 6.45) is 3.25. The van der Waals surface area contributed by atoms with Crippen LogP contribution in [0.15, 0.2) is 42.7 Å². The molecule has 0 radical (unpaired) electrons. The number of nitrogens with zero attached hydrogens (tertiary/aromatic N) is 1. The van der Waals surface area contributed by atoms with Gasteiger partial charge < -0.3 is 11.1 Å². The second-order valence-corrected chi connectivity index (χ2v) is 4.23. The number of amides is 1. The molecule has 0 saturated carbocycles. The number of anilines is 1. The first-order valence-electron chi connectivity index (χ1n) is 6.21. The molecule has 4 heteroatoms. The van der Waals surface area contributed by atoms with E-state index in [-0.39, 0.29) is 5.91 Å². The van der Waals surface area contributed by atoms with Crippen LogP contribution in [-0.2, 0) is 0 Å². The number of nitrogens with two attached hydrogens (primary N) is 1. The van der Waals surface area contributed by atoms with Crippen molar-refractivity contribution in [1.82, 2.24) is 4.98 Å². The molecule has 0 bridgehead atoms. The van der Waals surface area contributed by atoms with Gasteiger partial charge in [0.25, 0.3) is 5.91 Å². The van der Waals surface area contributed by atoms with Crippen LogP contribution in [0.5, 0.6) is 0 Å². The van der Waals surface area contributed by atoms with Crippen LogP contribution in [0.1, 0.15) is 21.5 Å². The highest BCUT2D eigenvalue weighted by Gasteiger charge is 2.07. The van der Waals surface area contributed by atoms with Gasteiger partial charge in [0, 0.05) is 17.3 Å². The predicted octanol–water partition coefficient (Wildman–Crippen LogP) is 1.95. The molecule has 1 heterocycles. The van der Waals surface area contributed by atoms with E-state index >= 15 is 0 Å². The van der Waals surface area contributed by atoms with Crippen LogP contribution in [0.2, 0.25) is 0 Å². The van der Waals surface area contributed by atoms with Crippen molar-refractivity contribution in [3.05, 3.63) is 59.4 Å². The van der Waals surface area contributed by atoms with Crippen molar-refractivity contribution >= 4 is 11.6 Å². The molecule has 0 fully saturated rings. The molecule has 1 aromatic heterocycles. The van der Waals surface area contributed by atoms with Gasteiger partial charge in [-0.05, 0) is 36.8 Å². The van der Waals surface area contributed by atoms with Crippen LogP contribution < -0.4 is 11.1 Å². The highest BCUT2D eigenvalue weighted by Crippen LogP contribution is 2.12. The van der Waals surface area contributed by atoms with E-state index in [1.54, 1.807) is 36.7 Å². The van der Waals surface area contributed by atoms with E-state index in [1.165, 1.54) is 0 Å². The molecule has 0 saturated heterocycles. The fourth-order valence-corrected chi connectivity index (χ4v) is 1.68. The standard InChI is InChI=1S/C16H15N3O/c1-12-6-7-14(10-13(12)4-2-8-17)16(20)19-15-5-3-9-18-11-15/h3,5-7,9-11H,8,17H2,1H3,(H,19,20). The number of carbonyl (C=O) groups is 1. The number of benzene rings is 1. The Kier molecular flexibility index (Phi) is 4.48. The number of rotatable bonds is 2. The van der Waals surface area contributed by atoms with Gasteiger partial charge in [0.1, 0.15) is 0 Å². The second-order valence-electron chi connectivity index (χ2n) is 4.23. The van der Waals surface area contributed by atoms with Crippen molar-refractivity contribution in [1.29, 1.82) is 0 Å². The Morgan fingerprint density at radius 2 is 2.25 bits per heavy atom. The number of aryl methyl sites for hydroxylation is 1. The Bertz CT molecular complexity index is 669. The minimum Gasteiger partial charge on any atom is -0.321 e. The van der Waals surface area contributed by atoms with Gasteiger partial charge in [-0.3, -0.25) is 9.78 Å². The fraction of sp³-hybridized carbons (Fsp3) is 0.125. The average molecular weight is 265 g/mol. The molecule has 3 N–H and O–H groups in total. The number of aromatic nitrogens is 1. The van der Waals surface area contributed by atoms with Gasteiger partial charge in [0.2, 0.25) is 0 Å². The van der Waals surface area contributed by atoms with Crippen molar-refractivity contribution in [3.63, 3.8) is 0 Å². The molecular formula is C16H15N3O. The number of hydrogen-bond acceptors (Lipinski definition) is 3. The zero-order chi connectivity index (χ0) is 14.4. The quantitative estimate of drug-likeness (QED) is 0.815. The van der Waals surface area contributed by atoms with E-state index in [2.05, 4.69) is 22.1 Å². The molecule has 1 aromatic carbocycles. The molecule has 0 atom stereocenters. The Hall–Kier alpha value is -2.64. The summed E-state index contributed by atoms with van der Waals surface area (Å²) >= 11 is 0. The number of hydrogen-bond donors (Lipinski definition) is 2. The first-order chi connectivity index (χ1) is 9.70. The maximum Gasteiger partial charge on any atom is 0.255 e. The monoisotopic (exact) mass is 265 g/mol. The summed E-state index contributed by atoms with van der Waals surface area (Å²) in [5, 5.41) is 2.79. The summed E-state index contributed by atoms with van der Waals surface area (Å²) in [4.78, 5) is 16.1. The summed E-state index contributed by atoms with van der Waals surface area (Å²) in [5.74, 6) is 5.58. The Morgan fingerprint density at radius 3 is 2.95 bits per heavy atom. The van der Waals surface area contributed by atoms with E-state index in [9.17, 15) is 4.79 Å². The zero-order valence-corrected chi connectivity index (χ0v) is 11.2. The summed E-state index contributed by atoms with van der Waals surface area (Å²) in [6, 6.07) is 8.97. The molecule has 100 valence electrons. The lowest BCUT2D eigenvalue weighted by atomic mass is 10.0. The topological polar surface area (TPSA) is 68.0 Å². The molecule has 2 rings (SSSR count). The summed E-state index contributed by atoms with van der Waals surface area (Å²) in [5.41, 5.74) is 8.41. The Morgan fingerprint density at radius 1 is 1.40 bits per heavy atom. The molecule has 2 aromatic rings. The minimum atomic E-state index is -0.186. The van der Waals surface area contributed by atoms with Crippen molar-refractivity contribution in [3.8, 4) is 11.8 Å². The lowest BCUT2D eigenvalue weighted by molar-refractivity contribution is 0.102. The molecule has 20 heavy (non-hydrogen) atoms. The zero-order valence-electron chi connectivity index (χ0n) is 11.2. The largest absolute Gasteiger partial charge is 0.321 e. The third-order valence-electron chi connectivity index (χ3n) is 2.74. The van der Waals surface area contributed by atoms with E-state index < -0.39 is 0 Å². The minimum absolute atomic E-state index is 0.186. The van der Waals surface area contributed by atoms with Gasteiger partial charge in [0.05, 0.1) is 18.4 Å². The summed E-state index contributed by atoms with van der Waals surface area (Å²) in [6.45, 7) is 2.24. The third-order valence-corrected chi connectivity index (χ3v) is 2.74. The molecule has 0 aliphatic carbocycles. The lowest BCUT2D eigenvalue weighted by Crippen LogP contribution is -2.12. The third kappa shape index (κ3) is 3.44. The SMILES string of the molecule is Cc1ccc(C(=O)Nc2cccnc2)cc1C#CCN. The second kappa shape index (κ2) is 6.50. The first kappa shape index (κ1) is 13.8. The molecule has 0 aliphatic heterocycles. The van der Waals surface area contributed by atoms with Gasteiger partial charge in [-0.2, -0.15) is 0 Å². The van der Waals surface area contributed by atoms with Crippen molar-refractivity contribution in [2.24, 2.45) is 5.73 Å². The van der Waals surface area contributed by atoms with Crippen molar-refractivity contribution in [2.45, 2.75) is 6.92 Å². The molecule has 1 amide bonds. The fourth-order valence-electron chi connectivity index (χ4n) is 1.68. The van der Waals surface area contributed by atoms with E-state index in [0.717, 1.165) is 11.1 Å². The highest BCUT2D eigenvalue weighted by molar-refractivity contribution is 6.04. The predicted molar refractivity (Wildman–Crippen MR) is 79.3 cm³/mol. The maximum absolute atomic E-state index is 12.1. The molecule has 4 nitrogen and oxygen atoms in total. The van der Waals surface area contributed by atoms with Gasteiger partial charge in [0.15, 0.2) is 0 Å². The van der Waals surface area contributed by atoms with Crippen LogP contribution in [0.3, 0.4) is 0 Å². The van der Waals surface area contributed by atoms with Crippen LogP contribution in [0.25, 0.3) is 0 Å². The van der Waals surface area contributed by atoms with Crippen LogP contribution >= 0.6 is 0 Å². The molecule has 0 unspecified atom stereocenters.